The van der Waals surface area contributed by atoms with Gasteiger partial charge in [0.15, 0.2) is 0 Å². The molecule has 2 heteroatoms. The predicted molar refractivity (Wildman–Crippen MR) is 87.5 cm³/mol. The largest absolute Gasteiger partial charge is 0.316 e. The Hall–Kier alpha value is -1.25. The summed E-state index contributed by atoms with van der Waals surface area (Å²) in [5.41, 5.74) is 4.37. The van der Waals surface area contributed by atoms with E-state index in [0.29, 0.717) is 11.3 Å². The van der Waals surface area contributed by atoms with Crippen LogP contribution in [0.15, 0.2) is 53.4 Å². The van der Waals surface area contributed by atoms with Crippen molar-refractivity contribution in [1.82, 2.24) is 5.32 Å². The third kappa shape index (κ3) is 2.77. The minimum atomic E-state index is 0.522. The molecule has 104 valence electrons. The number of benzene rings is 2. The van der Waals surface area contributed by atoms with Crippen molar-refractivity contribution in [2.24, 2.45) is 0 Å². The lowest BCUT2D eigenvalue weighted by molar-refractivity contribution is 0.536. The Bertz CT molecular complexity index is 568. The van der Waals surface area contributed by atoms with Crippen molar-refractivity contribution in [3.8, 4) is 0 Å². The molecule has 2 atom stereocenters. The maximum absolute atomic E-state index is 3.53. The van der Waals surface area contributed by atoms with E-state index in [-0.39, 0.29) is 0 Å². The molecule has 20 heavy (non-hydrogen) atoms. The Balaban J connectivity index is 1.74. The lowest BCUT2D eigenvalue weighted by Gasteiger charge is -2.23. The Morgan fingerprint density at radius 2 is 1.90 bits per heavy atom. The van der Waals surface area contributed by atoms with Crippen LogP contribution < -0.4 is 5.32 Å². The highest BCUT2D eigenvalue weighted by atomic mass is 32.2. The number of thioether (sulfide) groups is 1. The average Bonchev–Trinajstić information content (AvgIpc) is 2.90. The van der Waals surface area contributed by atoms with E-state index in [4.69, 9.17) is 0 Å². The summed E-state index contributed by atoms with van der Waals surface area (Å²) in [4.78, 5) is 1.46. The molecule has 1 heterocycles. The number of aryl methyl sites for hydroxylation is 1. The summed E-state index contributed by atoms with van der Waals surface area (Å²) < 4.78 is 0. The topological polar surface area (TPSA) is 12.0 Å². The van der Waals surface area contributed by atoms with Crippen molar-refractivity contribution >= 4 is 11.8 Å². The van der Waals surface area contributed by atoms with Crippen LogP contribution in [-0.2, 0) is 12.8 Å². The fraction of sp³-hybridized carbons (Fsp3) is 0.333. The molecule has 1 N–H and O–H groups in total. The molecule has 0 saturated carbocycles. The van der Waals surface area contributed by atoms with Gasteiger partial charge in [-0.05, 0) is 49.6 Å². The fourth-order valence-corrected chi connectivity index (χ4v) is 4.37. The Labute approximate surface area is 125 Å². The van der Waals surface area contributed by atoms with Crippen LogP contribution in [0.3, 0.4) is 0 Å². The van der Waals surface area contributed by atoms with Crippen LogP contribution >= 0.6 is 11.8 Å². The summed E-state index contributed by atoms with van der Waals surface area (Å²) in [6.45, 7) is 2.21. The van der Waals surface area contributed by atoms with Crippen molar-refractivity contribution in [1.29, 1.82) is 0 Å². The molecule has 0 bridgehead atoms. The molecule has 1 aliphatic rings. The highest BCUT2D eigenvalue weighted by Gasteiger charge is 2.28. The van der Waals surface area contributed by atoms with Gasteiger partial charge in [0, 0.05) is 16.2 Å². The van der Waals surface area contributed by atoms with Gasteiger partial charge >= 0.3 is 0 Å². The molecule has 1 aliphatic heterocycles. The van der Waals surface area contributed by atoms with Crippen LogP contribution in [0.25, 0.3) is 0 Å². The normalized spacial score (nSPS) is 18.8. The van der Waals surface area contributed by atoms with Crippen molar-refractivity contribution in [2.45, 2.75) is 36.0 Å². The number of rotatable bonds is 4. The van der Waals surface area contributed by atoms with Crippen molar-refractivity contribution in [3.63, 3.8) is 0 Å². The summed E-state index contributed by atoms with van der Waals surface area (Å²) in [6, 6.07) is 18.1. The van der Waals surface area contributed by atoms with E-state index in [2.05, 4.69) is 67.8 Å². The van der Waals surface area contributed by atoms with Gasteiger partial charge < -0.3 is 5.32 Å². The maximum Gasteiger partial charge on any atom is 0.0292 e. The SMILES string of the molecule is CNC(Cc1ccccc1C)C1Cc2ccccc2S1. The Morgan fingerprint density at radius 1 is 1.15 bits per heavy atom. The molecule has 0 aromatic heterocycles. The molecule has 0 amide bonds. The second-order valence-electron chi connectivity index (χ2n) is 5.49. The highest BCUT2D eigenvalue weighted by molar-refractivity contribution is 8.00. The van der Waals surface area contributed by atoms with E-state index in [9.17, 15) is 0 Å². The average molecular weight is 283 g/mol. The van der Waals surface area contributed by atoms with Gasteiger partial charge in [0.1, 0.15) is 0 Å². The van der Waals surface area contributed by atoms with Crippen molar-refractivity contribution in [3.05, 3.63) is 65.2 Å². The molecule has 0 fully saturated rings. The molecule has 3 rings (SSSR count). The zero-order valence-corrected chi connectivity index (χ0v) is 12.9. The second-order valence-corrected chi connectivity index (χ2v) is 6.77. The van der Waals surface area contributed by atoms with Gasteiger partial charge in [-0.3, -0.25) is 0 Å². The van der Waals surface area contributed by atoms with E-state index in [1.165, 1.54) is 28.0 Å². The second kappa shape index (κ2) is 6.02. The maximum atomic E-state index is 3.53. The first-order chi connectivity index (χ1) is 9.78. The summed E-state index contributed by atoms with van der Waals surface area (Å²) in [7, 11) is 2.09. The van der Waals surface area contributed by atoms with Crippen LogP contribution in [0.4, 0.5) is 0 Å². The van der Waals surface area contributed by atoms with Gasteiger partial charge in [-0.15, -0.1) is 11.8 Å². The molecule has 0 radical (unpaired) electrons. The van der Waals surface area contributed by atoms with Crippen LogP contribution in [0, 0.1) is 6.92 Å². The van der Waals surface area contributed by atoms with Crippen molar-refractivity contribution < 1.29 is 0 Å². The van der Waals surface area contributed by atoms with Crippen LogP contribution in [0.1, 0.15) is 16.7 Å². The number of likely N-dealkylation sites (N-methyl/N-ethyl adjacent to an activating group) is 1. The molecular formula is C18H21NS. The predicted octanol–water partition coefficient (Wildman–Crippen LogP) is 3.84. The van der Waals surface area contributed by atoms with Gasteiger partial charge in [0.25, 0.3) is 0 Å². The van der Waals surface area contributed by atoms with Crippen LogP contribution in [0.2, 0.25) is 0 Å². The molecule has 0 aliphatic carbocycles. The van der Waals surface area contributed by atoms with E-state index >= 15 is 0 Å². The first-order valence-electron chi connectivity index (χ1n) is 7.24. The van der Waals surface area contributed by atoms with Gasteiger partial charge in [-0.2, -0.15) is 0 Å². The number of hydrogen-bond donors (Lipinski definition) is 1. The minimum Gasteiger partial charge on any atom is -0.316 e. The summed E-state index contributed by atoms with van der Waals surface area (Å²) in [5.74, 6) is 0. The Morgan fingerprint density at radius 3 is 2.65 bits per heavy atom. The molecule has 2 aromatic rings. The number of hydrogen-bond acceptors (Lipinski definition) is 2. The van der Waals surface area contributed by atoms with Gasteiger partial charge in [0.2, 0.25) is 0 Å². The summed E-state index contributed by atoms with van der Waals surface area (Å²) in [5, 5.41) is 4.17. The number of nitrogens with one attached hydrogen (secondary N) is 1. The molecule has 1 nitrogen and oxygen atoms in total. The van der Waals surface area contributed by atoms with Crippen LogP contribution in [0.5, 0.6) is 0 Å². The van der Waals surface area contributed by atoms with Gasteiger partial charge in [0.05, 0.1) is 0 Å². The molecule has 2 aromatic carbocycles. The lowest BCUT2D eigenvalue weighted by atomic mass is 9.96. The number of fused-ring (bicyclic) bond motifs is 1. The zero-order valence-electron chi connectivity index (χ0n) is 12.1. The quantitative estimate of drug-likeness (QED) is 0.915. The first kappa shape index (κ1) is 13.7. The molecule has 0 saturated heterocycles. The third-order valence-corrected chi connectivity index (χ3v) is 5.64. The smallest absolute Gasteiger partial charge is 0.0292 e. The standard InChI is InChI=1S/C18H21NS/c1-13-7-3-4-8-14(13)11-16(19-2)18-12-15-9-5-6-10-17(15)20-18/h3-10,16,18-19H,11-12H2,1-2H3. The van der Waals surface area contributed by atoms with E-state index in [1.807, 2.05) is 11.8 Å². The van der Waals surface area contributed by atoms with E-state index in [1.54, 1.807) is 0 Å². The lowest BCUT2D eigenvalue weighted by Crippen LogP contribution is -2.37. The van der Waals surface area contributed by atoms with Crippen molar-refractivity contribution in [2.75, 3.05) is 7.05 Å². The summed E-state index contributed by atoms with van der Waals surface area (Å²) in [6.07, 6.45) is 2.28. The monoisotopic (exact) mass is 283 g/mol. The van der Waals surface area contributed by atoms with Crippen LogP contribution in [-0.4, -0.2) is 18.3 Å². The minimum absolute atomic E-state index is 0.522. The van der Waals surface area contributed by atoms with Gasteiger partial charge in [-0.1, -0.05) is 42.5 Å². The van der Waals surface area contributed by atoms with E-state index < -0.39 is 0 Å². The van der Waals surface area contributed by atoms with Gasteiger partial charge in [-0.25, -0.2) is 0 Å². The molecular weight excluding hydrogens is 262 g/mol. The molecule has 2 unspecified atom stereocenters. The highest BCUT2D eigenvalue weighted by Crippen LogP contribution is 2.38. The first-order valence-corrected chi connectivity index (χ1v) is 8.12. The molecule has 0 spiro atoms. The Kier molecular flexibility index (Phi) is 4.13. The zero-order chi connectivity index (χ0) is 13.9. The summed E-state index contributed by atoms with van der Waals surface area (Å²) >= 11 is 2.03. The third-order valence-electron chi connectivity index (χ3n) is 4.19. The van der Waals surface area contributed by atoms with E-state index in [0.717, 1.165) is 6.42 Å². The fourth-order valence-electron chi connectivity index (χ4n) is 2.93.